The van der Waals surface area contributed by atoms with E-state index >= 15 is 0 Å². The summed E-state index contributed by atoms with van der Waals surface area (Å²) in [5, 5.41) is 0. The summed E-state index contributed by atoms with van der Waals surface area (Å²) in [6.45, 7) is 16.3. The van der Waals surface area contributed by atoms with Gasteiger partial charge < -0.3 is 4.74 Å². The lowest BCUT2D eigenvalue weighted by molar-refractivity contribution is 0.333. The lowest BCUT2D eigenvalue weighted by atomic mass is 9.77. The van der Waals surface area contributed by atoms with Crippen LogP contribution in [0.5, 0.6) is 5.75 Å². The fourth-order valence-electron chi connectivity index (χ4n) is 2.19. The number of rotatable bonds is 7. The average molecular weight is 275 g/mol. The number of benzene rings is 1. The van der Waals surface area contributed by atoms with Gasteiger partial charge in [0.1, 0.15) is 5.75 Å². The molecule has 0 aliphatic rings. The van der Waals surface area contributed by atoms with Crippen molar-refractivity contribution < 1.29 is 4.74 Å². The topological polar surface area (TPSA) is 9.23 Å². The molecule has 0 bridgehead atoms. The van der Waals surface area contributed by atoms with Gasteiger partial charge in [-0.2, -0.15) is 0 Å². The molecule has 0 saturated carbocycles. The maximum Gasteiger partial charge on any atom is 0.123 e. The standard InChI is InChI=1S/C19H31O/c1-8-13-20-17-14-15(18(4,5)9-2)11-12-16(17)19(6,7)10-3/h8,11-12,14H,9-10,13H2,1-7H3. The largest absolute Gasteiger partial charge is 0.493 e. The molecule has 0 unspecified atom stereocenters. The minimum absolute atomic E-state index is 0.151. The van der Waals surface area contributed by atoms with Gasteiger partial charge in [0.2, 0.25) is 0 Å². The molecule has 0 amide bonds. The summed E-state index contributed by atoms with van der Waals surface area (Å²) in [6.07, 6.45) is 4.29. The van der Waals surface area contributed by atoms with E-state index in [1.165, 1.54) is 11.1 Å². The lowest BCUT2D eigenvalue weighted by Gasteiger charge is -2.29. The van der Waals surface area contributed by atoms with Crippen molar-refractivity contribution >= 4 is 0 Å². The van der Waals surface area contributed by atoms with Crippen molar-refractivity contribution in [2.45, 2.75) is 72.1 Å². The second kappa shape index (κ2) is 6.65. The van der Waals surface area contributed by atoms with Crippen LogP contribution in [-0.4, -0.2) is 6.61 Å². The van der Waals surface area contributed by atoms with Gasteiger partial charge in [0.25, 0.3) is 0 Å². The highest BCUT2D eigenvalue weighted by Crippen LogP contribution is 2.38. The third-order valence-corrected chi connectivity index (χ3v) is 4.67. The molecule has 0 spiro atoms. The van der Waals surface area contributed by atoms with E-state index in [2.05, 4.69) is 66.2 Å². The van der Waals surface area contributed by atoms with Gasteiger partial charge in [0, 0.05) is 0 Å². The number of hydrogen-bond donors (Lipinski definition) is 0. The monoisotopic (exact) mass is 275 g/mol. The molecule has 1 aromatic carbocycles. The lowest BCUT2D eigenvalue weighted by Crippen LogP contribution is -2.20. The van der Waals surface area contributed by atoms with Crippen LogP contribution in [0, 0.1) is 6.42 Å². The van der Waals surface area contributed by atoms with Crippen LogP contribution in [0.2, 0.25) is 0 Å². The first kappa shape index (κ1) is 17.1. The molecule has 1 radical (unpaired) electrons. The third-order valence-electron chi connectivity index (χ3n) is 4.67. The van der Waals surface area contributed by atoms with Crippen LogP contribution in [0.4, 0.5) is 0 Å². The molecule has 0 fully saturated rings. The molecule has 1 aromatic rings. The minimum atomic E-state index is 0.151. The molecule has 0 aromatic heterocycles. The molecule has 20 heavy (non-hydrogen) atoms. The van der Waals surface area contributed by atoms with Crippen molar-refractivity contribution in [2.75, 3.05) is 6.61 Å². The van der Waals surface area contributed by atoms with E-state index in [1.807, 2.05) is 6.92 Å². The Morgan fingerprint density at radius 1 is 1.00 bits per heavy atom. The van der Waals surface area contributed by atoms with Crippen molar-refractivity contribution in [3.05, 3.63) is 35.7 Å². The number of hydrogen-bond acceptors (Lipinski definition) is 1. The Hall–Kier alpha value is -0.980. The Balaban J connectivity index is 3.26. The first-order valence-corrected chi connectivity index (χ1v) is 7.84. The highest BCUT2D eigenvalue weighted by atomic mass is 16.5. The smallest absolute Gasteiger partial charge is 0.123 e. The second-order valence-corrected chi connectivity index (χ2v) is 6.91. The second-order valence-electron chi connectivity index (χ2n) is 6.91. The van der Waals surface area contributed by atoms with E-state index in [4.69, 9.17) is 4.74 Å². The van der Waals surface area contributed by atoms with Gasteiger partial charge in [-0.3, -0.25) is 0 Å². The molecular formula is C19H31O. The molecular weight excluding hydrogens is 244 g/mol. The van der Waals surface area contributed by atoms with Gasteiger partial charge in [-0.15, -0.1) is 0 Å². The van der Waals surface area contributed by atoms with Crippen molar-refractivity contribution in [3.63, 3.8) is 0 Å². The summed E-state index contributed by atoms with van der Waals surface area (Å²) >= 11 is 0. The predicted octanol–water partition coefficient (Wildman–Crippen LogP) is 5.66. The van der Waals surface area contributed by atoms with E-state index < -0.39 is 0 Å². The Kier molecular flexibility index (Phi) is 5.68. The van der Waals surface area contributed by atoms with E-state index in [0.29, 0.717) is 6.61 Å². The summed E-state index contributed by atoms with van der Waals surface area (Å²) in [5.74, 6) is 1.05. The van der Waals surface area contributed by atoms with E-state index in [1.54, 1.807) is 0 Å². The van der Waals surface area contributed by atoms with Gasteiger partial charge in [-0.25, -0.2) is 0 Å². The Morgan fingerprint density at radius 2 is 1.60 bits per heavy atom. The highest BCUT2D eigenvalue weighted by molar-refractivity contribution is 5.44. The van der Waals surface area contributed by atoms with Crippen LogP contribution in [-0.2, 0) is 10.8 Å². The average Bonchev–Trinajstić information content (AvgIpc) is 2.44. The van der Waals surface area contributed by atoms with Gasteiger partial charge in [-0.05, 0) is 47.3 Å². The van der Waals surface area contributed by atoms with Crippen LogP contribution in [0.15, 0.2) is 18.2 Å². The summed E-state index contributed by atoms with van der Waals surface area (Å²) in [6, 6.07) is 6.79. The Bertz CT molecular complexity index is 429. The third kappa shape index (κ3) is 3.77. The molecule has 0 saturated heterocycles. The normalized spacial score (nSPS) is 12.6. The molecule has 0 aliphatic heterocycles. The summed E-state index contributed by atoms with van der Waals surface area (Å²) < 4.78 is 6.00. The molecule has 1 nitrogen and oxygen atoms in total. The van der Waals surface area contributed by atoms with Crippen molar-refractivity contribution in [2.24, 2.45) is 0 Å². The van der Waals surface area contributed by atoms with Crippen LogP contribution >= 0.6 is 0 Å². The SMILES string of the molecule is C[CH]COc1cc(C(C)(C)CC)ccc1C(C)(C)CC. The van der Waals surface area contributed by atoms with Crippen molar-refractivity contribution in [1.82, 2.24) is 0 Å². The minimum Gasteiger partial charge on any atom is -0.493 e. The van der Waals surface area contributed by atoms with E-state index in [-0.39, 0.29) is 10.8 Å². The molecule has 0 aliphatic carbocycles. The summed E-state index contributed by atoms with van der Waals surface area (Å²) in [7, 11) is 0. The van der Waals surface area contributed by atoms with E-state index in [0.717, 1.165) is 18.6 Å². The fraction of sp³-hybridized carbons (Fsp3) is 0.632. The Labute approximate surface area is 125 Å². The fourth-order valence-corrected chi connectivity index (χ4v) is 2.19. The summed E-state index contributed by atoms with van der Waals surface area (Å²) in [5.41, 5.74) is 3.03. The zero-order valence-corrected chi connectivity index (χ0v) is 14.3. The maximum absolute atomic E-state index is 6.00. The van der Waals surface area contributed by atoms with Crippen LogP contribution in [0.25, 0.3) is 0 Å². The van der Waals surface area contributed by atoms with Crippen molar-refractivity contribution in [1.29, 1.82) is 0 Å². The highest BCUT2D eigenvalue weighted by Gasteiger charge is 2.25. The van der Waals surface area contributed by atoms with Gasteiger partial charge in [0.15, 0.2) is 0 Å². The predicted molar refractivity (Wildman–Crippen MR) is 88.5 cm³/mol. The summed E-state index contributed by atoms with van der Waals surface area (Å²) in [4.78, 5) is 0. The molecule has 1 heteroatoms. The van der Waals surface area contributed by atoms with Gasteiger partial charge >= 0.3 is 0 Å². The zero-order valence-electron chi connectivity index (χ0n) is 14.3. The van der Waals surface area contributed by atoms with Gasteiger partial charge in [-0.1, -0.05) is 60.6 Å². The first-order chi connectivity index (χ1) is 9.28. The molecule has 0 N–H and O–H groups in total. The first-order valence-electron chi connectivity index (χ1n) is 7.84. The van der Waals surface area contributed by atoms with Crippen LogP contribution < -0.4 is 4.74 Å². The maximum atomic E-state index is 6.00. The van der Waals surface area contributed by atoms with Gasteiger partial charge in [0.05, 0.1) is 6.61 Å². The van der Waals surface area contributed by atoms with Crippen LogP contribution in [0.1, 0.15) is 72.4 Å². The van der Waals surface area contributed by atoms with E-state index in [9.17, 15) is 0 Å². The number of ether oxygens (including phenoxy) is 1. The molecule has 113 valence electrons. The molecule has 0 heterocycles. The van der Waals surface area contributed by atoms with Crippen molar-refractivity contribution in [3.8, 4) is 5.75 Å². The quantitative estimate of drug-likeness (QED) is 0.623. The zero-order chi connectivity index (χ0) is 15.4. The molecule has 1 rings (SSSR count). The Morgan fingerprint density at radius 3 is 2.10 bits per heavy atom. The van der Waals surface area contributed by atoms with Crippen LogP contribution in [0.3, 0.4) is 0 Å². The molecule has 0 atom stereocenters.